The van der Waals surface area contributed by atoms with Crippen LogP contribution in [0.5, 0.6) is 0 Å². The van der Waals surface area contributed by atoms with Crippen LogP contribution in [0.15, 0.2) is 31.9 Å². The summed E-state index contributed by atoms with van der Waals surface area (Å²) in [5.74, 6) is 0. The highest BCUT2D eigenvalue weighted by atomic mass is 32.2. The maximum atomic E-state index is 8.57. The molecule has 0 saturated carbocycles. The van der Waals surface area contributed by atoms with Crippen LogP contribution in [0.3, 0.4) is 0 Å². The molecule has 0 fully saturated rings. The van der Waals surface area contributed by atoms with Gasteiger partial charge < -0.3 is 0 Å². The van der Waals surface area contributed by atoms with E-state index in [0.717, 1.165) is 9.81 Å². The SMILES string of the molecule is CSC1=CC(=NC#N)C(SC)=CC1=NC#N. The van der Waals surface area contributed by atoms with Gasteiger partial charge >= 0.3 is 0 Å². The lowest BCUT2D eigenvalue weighted by Gasteiger charge is -2.12. The van der Waals surface area contributed by atoms with Gasteiger partial charge in [0.15, 0.2) is 0 Å². The number of allylic oxidation sites excluding steroid dienone is 4. The van der Waals surface area contributed by atoms with Gasteiger partial charge in [-0.1, -0.05) is 0 Å². The third-order valence-corrected chi connectivity index (χ3v) is 3.35. The number of nitriles is 2. The molecule has 0 heterocycles. The molecule has 0 aliphatic heterocycles. The first-order valence-electron chi connectivity index (χ1n) is 4.22. The van der Waals surface area contributed by atoms with Gasteiger partial charge in [0, 0.05) is 9.81 Å². The van der Waals surface area contributed by atoms with E-state index in [1.807, 2.05) is 12.5 Å². The first-order chi connectivity index (χ1) is 7.76. The van der Waals surface area contributed by atoms with Gasteiger partial charge in [0.2, 0.25) is 12.4 Å². The second kappa shape index (κ2) is 6.16. The van der Waals surface area contributed by atoms with Crippen LogP contribution in [-0.4, -0.2) is 23.9 Å². The van der Waals surface area contributed by atoms with E-state index in [1.165, 1.54) is 23.5 Å². The van der Waals surface area contributed by atoms with E-state index in [2.05, 4.69) is 9.98 Å². The zero-order chi connectivity index (χ0) is 12.0. The summed E-state index contributed by atoms with van der Waals surface area (Å²) in [7, 11) is 0. The first-order valence-corrected chi connectivity index (χ1v) is 6.67. The lowest BCUT2D eigenvalue weighted by Crippen LogP contribution is -2.10. The molecule has 0 unspecified atom stereocenters. The second-order valence-corrected chi connectivity index (χ2v) is 4.32. The molecular formula is C10H8N4S2. The summed E-state index contributed by atoms with van der Waals surface area (Å²) in [5.41, 5.74) is 1.24. The average molecular weight is 248 g/mol. The Kier molecular flexibility index (Phi) is 4.84. The van der Waals surface area contributed by atoms with E-state index in [4.69, 9.17) is 10.5 Å². The van der Waals surface area contributed by atoms with E-state index in [0.29, 0.717) is 11.4 Å². The zero-order valence-corrected chi connectivity index (χ0v) is 10.4. The standard InChI is InChI=1S/C10H8N4S2/c1-15-9-3-8(14-6-12)10(16-2)4-7(9)13-5-11/h3-4H,1-2H3. The van der Waals surface area contributed by atoms with Crippen LogP contribution >= 0.6 is 23.5 Å². The van der Waals surface area contributed by atoms with Crippen molar-refractivity contribution >= 4 is 34.9 Å². The Labute approximate surface area is 102 Å². The predicted octanol–water partition coefficient (Wildman–Crippen LogP) is 2.34. The Hall–Kier alpha value is -1.50. The number of hydrogen-bond acceptors (Lipinski definition) is 6. The summed E-state index contributed by atoms with van der Waals surface area (Å²) in [6.45, 7) is 0. The van der Waals surface area contributed by atoms with Crippen molar-refractivity contribution in [3.05, 3.63) is 22.0 Å². The smallest absolute Gasteiger partial charge is 0.173 e. The van der Waals surface area contributed by atoms with Gasteiger partial charge in [-0.15, -0.1) is 23.5 Å². The summed E-state index contributed by atoms with van der Waals surface area (Å²) in [4.78, 5) is 9.15. The van der Waals surface area contributed by atoms with Crippen LogP contribution in [-0.2, 0) is 0 Å². The van der Waals surface area contributed by atoms with Crippen LogP contribution in [0, 0.1) is 22.9 Å². The Morgan fingerprint density at radius 1 is 0.938 bits per heavy atom. The highest BCUT2D eigenvalue weighted by molar-refractivity contribution is 8.04. The molecule has 4 nitrogen and oxygen atoms in total. The average Bonchev–Trinajstić information content (AvgIpc) is 2.31. The molecule has 1 aliphatic carbocycles. The lowest BCUT2D eigenvalue weighted by molar-refractivity contribution is 1.43. The van der Waals surface area contributed by atoms with Crippen molar-refractivity contribution < 1.29 is 0 Å². The Bertz CT molecular complexity index is 440. The fraction of sp³-hybridized carbons (Fsp3) is 0.200. The monoisotopic (exact) mass is 248 g/mol. The first kappa shape index (κ1) is 12.6. The van der Waals surface area contributed by atoms with Crippen molar-refractivity contribution in [3.8, 4) is 12.4 Å². The molecule has 0 amide bonds. The van der Waals surface area contributed by atoms with Crippen molar-refractivity contribution in [1.29, 1.82) is 10.5 Å². The zero-order valence-electron chi connectivity index (χ0n) is 8.76. The highest BCUT2D eigenvalue weighted by Crippen LogP contribution is 2.26. The number of thioether (sulfide) groups is 2. The van der Waals surface area contributed by atoms with Crippen LogP contribution in [0.4, 0.5) is 0 Å². The van der Waals surface area contributed by atoms with E-state index in [1.54, 1.807) is 24.5 Å². The van der Waals surface area contributed by atoms with Crippen LogP contribution in [0.25, 0.3) is 0 Å². The minimum absolute atomic E-state index is 0.622. The molecule has 0 bridgehead atoms. The number of hydrogen-bond donors (Lipinski definition) is 0. The fourth-order valence-electron chi connectivity index (χ4n) is 1.15. The van der Waals surface area contributed by atoms with E-state index in [9.17, 15) is 0 Å². The highest BCUT2D eigenvalue weighted by Gasteiger charge is 2.16. The Balaban J connectivity index is 3.25. The largest absolute Gasteiger partial charge is 0.206 e. The van der Waals surface area contributed by atoms with Crippen LogP contribution in [0.2, 0.25) is 0 Å². The molecule has 1 aliphatic rings. The lowest BCUT2D eigenvalue weighted by atomic mass is 10.1. The molecule has 0 radical (unpaired) electrons. The molecule has 6 heteroatoms. The van der Waals surface area contributed by atoms with Crippen molar-refractivity contribution in [3.63, 3.8) is 0 Å². The van der Waals surface area contributed by atoms with E-state index >= 15 is 0 Å². The second-order valence-electron chi connectivity index (χ2n) is 2.62. The van der Waals surface area contributed by atoms with Crippen LogP contribution in [0.1, 0.15) is 0 Å². The molecule has 0 N–H and O–H groups in total. The van der Waals surface area contributed by atoms with Gasteiger partial charge in [0.05, 0.1) is 11.4 Å². The van der Waals surface area contributed by atoms with E-state index < -0.39 is 0 Å². The third-order valence-electron chi connectivity index (χ3n) is 1.82. The fourth-order valence-corrected chi connectivity index (χ4v) is 2.23. The maximum Gasteiger partial charge on any atom is 0.206 e. The summed E-state index contributed by atoms with van der Waals surface area (Å²) in [5, 5.41) is 17.1. The summed E-state index contributed by atoms with van der Waals surface area (Å²) in [6.07, 6.45) is 10.9. The summed E-state index contributed by atoms with van der Waals surface area (Å²) in [6, 6.07) is 0. The molecule has 80 valence electrons. The molecule has 0 aromatic carbocycles. The minimum atomic E-state index is 0.622. The quantitative estimate of drug-likeness (QED) is 0.555. The van der Waals surface area contributed by atoms with Crippen molar-refractivity contribution in [1.82, 2.24) is 0 Å². The topological polar surface area (TPSA) is 72.3 Å². The molecule has 0 atom stereocenters. The van der Waals surface area contributed by atoms with Gasteiger partial charge in [-0.25, -0.2) is 0 Å². The number of aliphatic imine (C=N–C) groups is 2. The maximum absolute atomic E-state index is 8.57. The molecule has 1 rings (SSSR count). The van der Waals surface area contributed by atoms with Crippen molar-refractivity contribution in [2.45, 2.75) is 0 Å². The molecule has 16 heavy (non-hydrogen) atoms. The Morgan fingerprint density at radius 3 is 1.56 bits per heavy atom. The van der Waals surface area contributed by atoms with Crippen molar-refractivity contribution in [2.75, 3.05) is 12.5 Å². The molecule has 0 aromatic rings. The predicted molar refractivity (Wildman–Crippen MR) is 69.3 cm³/mol. The van der Waals surface area contributed by atoms with Gasteiger partial charge in [0.1, 0.15) is 0 Å². The van der Waals surface area contributed by atoms with Gasteiger partial charge in [-0.2, -0.15) is 20.5 Å². The Morgan fingerprint density at radius 2 is 1.31 bits per heavy atom. The van der Waals surface area contributed by atoms with Gasteiger partial charge in [0.25, 0.3) is 0 Å². The number of nitrogens with zero attached hydrogens (tertiary/aromatic N) is 4. The van der Waals surface area contributed by atoms with E-state index in [-0.39, 0.29) is 0 Å². The number of rotatable bonds is 2. The van der Waals surface area contributed by atoms with Gasteiger partial charge in [-0.3, -0.25) is 0 Å². The third kappa shape index (κ3) is 2.75. The molecule has 0 spiro atoms. The van der Waals surface area contributed by atoms with Gasteiger partial charge in [-0.05, 0) is 24.7 Å². The summed E-state index contributed by atoms with van der Waals surface area (Å²) < 4.78 is 0. The molecular weight excluding hydrogens is 240 g/mol. The molecule has 0 saturated heterocycles. The van der Waals surface area contributed by atoms with Crippen LogP contribution < -0.4 is 0 Å². The summed E-state index contributed by atoms with van der Waals surface area (Å²) >= 11 is 2.94. The molecule has 0 aromatic heterocycles. The minimum Gasteiger partial charge on any atom is -0.173 e. The normalized spacial score (nSPS) is 20.0. The van der Waals surface area contributed by atoms with Crippen molar-refractivity contribution in [2.24, 2.45) is 9.98 Å².